The number of ether oxygens (including phenoxy) is 1. The second-order valence-electron chi connectivity index (χ2n) is 6.80. The van der Waals surface area contributed by atoms with E-state index in [1.807, 2.05) is 48.6 Å². The van der Waals surface area contributed by atoms with Crippen molar-refractivity contribution in [2.24, 2.45) is 0 Å². The standard InChI is InChI=1S/C21H29NO2/c1-16(2)22(17(3)4)15-20(23)14-19-11-8-12-24-21(19)13-18-9-6-5-7-10-18/h5-13,16-17,20,23H,14-15H2,1-4H3. The van der Waals surface area contributed by atoms with Gasteiger partial charge in [0.05, 0.1) is 12.4 Å². The molecular formula is C21H29NO2. The van der Waals surface area contributed by atoms with Crippen LogP contribution in [0.2, 0.25) is 0 Å². The van der Waals surface area contributed by atoms with Gasteiger partial charge in [0.25, 0.3) is 0 Å². The molecule has 0 bridgehead atoms. The molecule has 0 fully saturated rings. The summed E-state index contributed by atoms with van der Waals surface area (Å²) in [7, 11) is 0. The van der Waals surface area contributed by atoms with Crippen molar-refractivity contribution < 1.29 is 9.84 Å². The third-order valence-electron chi connectivity index (χ3n) is 4.19. The summed E-state index contributed by atoms with van der Waals surface area (Å²) in [6.45, 7) is 9.33. The highest BCUT2D eigenvalue weighted by Crippen LogP contribution is 2.24. The Balaban J connectivity index is 2.07. The van der Waals surface area contributed by atoms with Crippen LogP contribution in [0.1, 0.15) is 39.7 Å². The lowest BCUT2D eigenvalue weighted by molar-refractivity contribution is 0.0753. The van der Waals surface area contributed by atoms with Crippen LogP contribution in [-0.2, 0) is 4.74 Å². The minimum atomic E-state index is -0.421. The van der Waals surface area contributed by atoms with E-state index in [0.29, 0.717) is 25.0 Å². The lowest BCUT2D eigenvalue weighted by Gasteiger charge is -2.32. The summed E-state index contributed by atoms with van der Waals surface area (Å²) in [6, 6.07) is 10.9. The normalized spacial score (nSPS) is 17.5. The van der Waals surface area contributed by atoms with E-state index in [9.17, 15) is 5.11 Å². The van der Waals surface area contributed by atoms with Gasteiger partial charge in [0.2, 0.25) is 0 Å². The largest absolute Gasteiger partial charge is 0.465 e. The van der Waals surface area contributed by atoms with Gasteiger partial charge in [-0.2, -0.15) is 0 Å². The van der Waals surface area contributed by atoms with Gasteiger partial charge in [-0.15, -0.1) is 0 Å². The number of hydrogen-bond donors (Lipinski definition) is 1. The summed E-state index contributed by atoms with van der Waals surface area (Å²) in [5.74, 6) is 0.809. The Bertz CT molecular complexity index is 592. The van der Waals surface area contributed by atoms with Gasteiger partial charge < -0.3 is 9.84 Å². The second kappa shape index (κ2) is 8.86. The molecule has 1 aromatic rings. The van der Waals surface area contributed by atoms with Gasteiger partial charge in [-0.3, -0.25) is 4.90 Å². The fourth-order valence-electron chi connectivity index (χ4n) is 3.00. The summed E-state index contributed by atoms with van der Waals surface area (Å²) >= 11 is 0. The molecular weight excluding hydrogens is 298 g/mol. The molecule has 3 heteroatoms. The molecule has 1 aromatic carbocycles. The van der Waals surface area contributed by atoms with E-state index in [1.54, 1.807) is 6.26 Å². The molecule has 1 unspecified atom stereocenters. The lowest BCUT2D eigenvalue weighted by Crippen LogP contribution is -2.42. The molecule has 130 valence electrons. The number of nitrogens with zero attached hydrogens (tertiary/aromatic N) is 1. The maximum Gasteiger partial charge on any atom is 0.130 e. The van der Waals surface area contributed by atoms with Crippen LogP contribution in [0.25, 0.3) is 6.08 Å². The van der Waals surface area contributed by atoms with Crippen LogP contribution in [0, 0.1) is 0 Å². The van der Waals surface area contributed by atoms with Gasteiger partial charge in [0.1, 0.15) is 5.76 Å². The van der Waals surface area contributed by atoms with Gasteiger partial charge >= 0.3 is 0 Å². The highest BCUT2D eigenvalue weighted by atomic mass is 16.5. The van der Waals surface area contributed by atoms with Crippen molar-refractivity contribution in [2.45, 2.75) is 52.3 Å². The Labute approximate surface area is 145 Å². The quantitative estimate of drug-likeness (QED) is 0.807. The van der Waals surface area contributed by atoms with Crippen LogP contribution in [0.15, 0.2) is 60.1 Å². The third-order valence-corrected chi connectivity index (χ3v) is 4.19. The summed E-state index contributed by atoms with van der Waals surface area (Å²) in [4.78, 5) is 2.31. The molecule has 24 heavy (non-hydrogen) atoms. The monoisotopic (exact) mass is 327 g/mol. The molecule has 3 nitrogen and oxygen atoms in total. The maximum atomic E-state index is 10.6. The Hall–Kier alpha value is -1.84. The number of hydrogen-bond acceptors (Lipinski definition) is 3. The molecule has 0 spiro atoms. The average molecular weight is 327 g/mol. The van der Waals surface area contributed by atoms with Gasteiger partial charge in [-0.05, 0) is 51.0 Å². The molecule has 1 aliphatic heterocycles. The van der Waals surface area contributed by atoms with Crippen LogP contribution < -0.4 is 0 Å². The van der Waals surface area contributed by atoms with E-state index < -0.39 is 6.10 Å². The number of rotatable bonds is 7. The predicted molar refractivity (Wildman–Crippen MR) is 100 cm³/mol. The summed E-state index contributed by atoms with van der Waals surface area (Å²) in [5.41, 5.74) is 2.12. The van der Waals surface area contributed by atoms with Crippen molar-refractivity contribution in [1.82, 2.24) is 4.90 Å². The molecule has 0 aliphatic carbocycles. The minimum absolute atomic E-state index is 0.412. The average Bonchev–Trinajstić information content (AvgIpc) is 2.55. The molecule has 0 saturated carbocycles. The number of allylic oxidation sites excluding steroid dienone is 3. The van der Waals surface area contributed by atoms with Gasteiger partial charge in [-0.25, -0.2) is 0 Å². The molecule has 2 rings (SSSR count). The molecule has 0 saturated heterocycles. The first-order valence-corrected chi connectivity index (χ1v) is 8.70. The predicted octanol–water partition coefficient (Wildman–Crippen LogP) is 4.37. The summed E-state index contributed by atoms with van der Waals surface area (Å²) < 4.78 is 5.68. The van der Waals surface area contributed by atoms with Crippen LogP contribution in [0.5, 0.6) is 0 Å². The molecule has 1 atom stereocenters. The van der Waals surface area contributed by atoms with Crippen molar-refractivity contribution in [3.63, 3.8) is 0 Å². The highest BCUT2D eigenvalue weighted by Gasteiger charge is 2.20. The first-order chi connectivity index (χ1) is 11.5. The molecule has 0 radical (unpaired) electrons. The molecule has 1 N–H and O–H groups in total. The van der Waals surface area contributed by atoms with E-state index in [1.165, 1.54) is 0 Å². The van der Waals surface area contributed by atoms with Crippen LogP contribution >= 0.6 is 0 Å². The zero-order chi connectivity index (χ0) is 17.5. The van der Waals surface area contributed by atoms with Crippen molar-refractivity contribution >= 4 is 6.08 Å². The first kappa shape index (κ1) is 18.5. The Morgan fingerprint density at radius 1 is 1.08 bits per heavy atom. The van der Waals surface area contributed by atoms with E-state index in [2.05, 4.69) is 32.6 Å². The van der Waals surface area contributed by atoms with Gasteiger partial charge in [0, 0.05) is 25.0 Å². The smallest absolute Gasteiger partial charge is 0.130 e. The van der Waals surface area contributed by atoms with Crippen molar-refractivity contribution in [3.8, 4) is 0 Å². The number of aliphatic hydroxyl groups is 1. The lowest BCUT2D eigenvalue weighted by atomic mass is 10.0. The van der Waals surface area contributed by atoms with Gasteiger partial charge in [-0.1, -0.05) is 36.4 Å². The number of aliphatic hydroxyl groups excluding tert-OH is 1. The van der Waals surface area contributed by atoms with Gasteiger partial charge in [0.15, 0.2) is 0 Å². The zero-order valence-electron chi connectivity index (χ0n) is 15.1. The molecule has 1 aliphatic rings. The van der Waals surface area contributed by atoms with E-state index in [-0.39, 0.29) is 0 Å². The van der Waals surface area contributed by atoms with Crippen LogP contribution in [0.3, 0.4) is 0 Å². The molecule has 0 aromatic heterocycles. The van der Waals surface area contributed by atoms with E-state index in [0.717, 1.165) is 16.9 Å². The molecule has 0 amide bonds. The topological polar surface area (TPSA) is 32.7 Å². The van der Waals surface area contributed by atoms with Crippen LogP contribution in [-0.4, -0.2) is 34.7 Å². The summed E-state index contributed by atoms with van der Waals surface area (Å²) in [6.07, 6.45) is 7.77. The zero-order valence-corrected chi connectivity index (χ0v) is 15.1. The maximum absolute atomic E-state index is 10.6. The van der Waals surface area contributed by atoms with Crippen LogP contribution in [0.4, 0.5) is 0 Å². The fraction of sp³-hybridized carbons (Fsp3) is 0.429. The van der Waals surface area contributed by atoms with Crippen molar-refractivity contribution in [3.05, 3.63) is 65.6 Å². The highest BCUT2D eigenvalue weighted by molar-refractivity contribution is 5.57. The Morgan fingerprint density at radius 2 is 1.75 bits per heavy atom. The van der Waals surface area contributed by atoms with E-state index >= 15 is 0 Å². The molecule has 1 heterocycles. The Morgan fingerprint density at radius 3 is 2.38 bits per heavy atom. The minimum Gasteiger partial charge on any atom is -0.465 e. The SMILES string of the molecule is CC(C)N(CC(O)CC1=CC=COC1=Cc1ccccc1)C(C)C. The number of benzene rings is 1. The van der Waals surface area contributed by atoms with Crippen molar-refractivity contribution in [2.75, 3.05) is 6.54 Å². The Kier molecular flexibility index (Phi) is 6.83. The first-order valence-electron chi connectivity index (χ1n) is 8.70. The summed E-state index contributed by atoms with van der Waals surface area (Å²) in [5, 5.41) is 10.6. The fourth-order valence-corrected chi connectivity index (χ4v) is 3.00. The van der Waals surface area contributed by atoms with E-state index in [4.69, 9.17) is 4.74 Å². The van der Waals surface area contributed by atoms with Crippen molar-refractivity contribution in [1.29, 1.82) is 0 Å². The third kappa shape index (κ3) is 5.36. The second-order valence-corrected chi connectivity index (χ2v) is 6.80.